The van der Waals surface area contributed by atoms with Gasteiger partial charge in [-0.25, -0.2) is 19.5 Å². The van der Waals surface area contributed by atoms with E-state index in [1.807, 2.05) is 20.8 Å². The van der Waals surface area contributed by atoms with Crippen LogP contribution in [0, 0.1) is 10.3 Å². The minimum atomic E-state index is -2.79. The number of guanidine groups is 1. The van der Waals surface area contributed by atoms with Crippen molar-refractivity contribution in [2.24, 2.45) is 21.3 Å². The quantitative estimate of drug-likeness (QED) is 0.111. The zero-order valence-corrected chi connectivity index (χ0v) is 27.9. The molecular weight excluding hydrogens is 674 g/mol. The molecule has 2 aromatic heterocycles. The third-order valence-electron chi connectivity index (χ3n) is 7.74. The predicted octanol–water partition coefficient (Wildman–Crippen LogP) is 6.43. The van der Waals surface area contributed by atoms with Crippen LogP contribution in [0.2, 0.25) is 5.02 Å². The number of carbonyl (C=O) groups excluding carboxylic acids is 2. The summed E-state index contributed by atoms with van der Waals surface area (Å²) in [5, 5.41) is 15.6. The lowest BCUT2D eigenvalue weighted by molar-refractivity contribution is -0.135. The van der Waals surface area contributed by atoms with Gasteiger partial charge in [-0.15, -0.1) is 4.91 Å². The lowest BCUT2D eigenvalue weighted by Gasteiger charge is -2.35. The summed E-state index contributed by atoms with van der Waals surface area (Å²) < 4.78 is 32.4. The Balaban J connectivity index is 1.56. The number of halogens is 3. The summed E-state index contributed by atoms with van der Waals surface area (Å²) in [5.41, 5.74) is 7.08. The Hall–Kier alpha value is -5.77. The number of alkyl carbamates (subject to hydrolysis) is 1. The van der Waals surface area contributed by atoms with Crippen molar-refractivity contribution in [3.63, 3.8) is 0 Å². The van der Waals surface area contributed by atoms with Crippen molar-refractivity contribution >= 4 is 29.6 Å². The molecule has 0 spiro atoms. The molecule has 4 aromatic rings. The van der Waals surface area contributed by atoms with Gasteiger partial charge in [-0.3, -0.25) is 20.1 Å². The zero-order valence-electron chi connectivity index (χ0n) is 27.2. The van der Waals surface area contributed by atoms with E-state index < -0.39 is 42.2 Å². The fraction of sp³-hybridized carbons (Fsp3) is 0.273. The first-order chi connectivity index (χ1) is 23.8. The first kappa shape index (κ1) is 35.5. The molecule has 2 aromatic carbocycles. The molecule has 1 aliphatic heterocycles. The SMILES string of the molecule is C=C/C=C(\N=O)NC(=O)OC[C@H](c1ccc(Cl)c(-c2ncn[nH]2)c1)N1C(=O)[C@@](CC(C)(C)C)(c2ccc(-c3cnn(C(F)F)c3)cc2)N=C1N. The number of amides is 2. The van der Waals surface area contributed by atoms with Gasteiger partial charge in [-0.1, -0.05) is 75.4 Å². The lowest BCUT2D eigenvalue weighted by atomic mass is 9.75. The zero-order chi connectivity index (χ0) is 36.2. The molecular formula is C33H33ClF2N10O4. The number of allylic oxidation sites excluding steroid dienone is 2. The molecule has 50 heavy (non-hydrogen) atoms. The van der Waals surface area contributed by atoms with Crippen molar-refractivity contribution in [1.82, 2.24) is 35.2 Å². The maximum absolute atomic E-state index is 14.8. The molecule has 0 bridgehead atoms. The molecule has 2 atom stereocenters. The number of nitrogens with one attached hydrogen (secondary N) is 2. The van der Waals surface area contributed by atoms with E-state index in [0.717, 1.165) is 0 Å². The second-order valence-corrected chi connectivity index (χ2v) is 12.9. The number of nitrogens with zero attached hydrogens (tertiary/aromatic N) is 7. The molecule has 2 amide bonds. The average Bonchev–Trinajstić information content (AvgIpc) is 3.83. The Morgan fingerprint density at radius 2 is 1.96 bits per heavy atom. The van der Waals surface area contributed by atoms with Crippen molar-refractivity contribution in [1.29, 1.82) is 0 Å². The van der Waals surface area contributed by atoms with Crippen LogP contribution >= 0.6 is 11.6 Å². The number of benzene rings is 2. The summed E-state index contributed by atoms with van der Waals surface area (Å²) in [5.74, 6) is -0.641. The largest absolute Gasteiger partial charge is 0.447 e. The summed E-state index contributed by atoms with van der Waals surface area (Å²) in [4.78, 5) is 49.0. The molecule has 260 valence electrons. The van der Waals surface area contributed by atoms with Crippen LogP contribution in [-0.4, -0.2) is 54.4 Å². The van der Waals surface area contributed by atoms with E-state index in [1.165, 1.54) is 35.8 Å². The molecule has 14 nitrogen and oxygen atoms in total. The normalized spacial score (nSPS) is 17.1. The number of hydrogen-bond acceptors (Lipinski definition) is 10. The first-order valence-electron chi connectivity index (χ1n) is 15.1. The Morgan fingerprint density at radius 1 is 1.22 bits per heavy atom. The highest BCUT2D eigenvalue weighted by molar-refractivity contribution is 6.33. The van der Waals surface area contributed by atoms with Crippen molar-refractivity contribution in [2.75, 3.05) is 6.61 Å². The van der Waals surface area contributed by atoms with Crippen molar-refractivity contribution in [2.45, 2.75) is 45.3 Å². The van der Waals surface area contributed by atoms with Gasteiger partial charge in [0.1, 0.15) is 12.9 Å². The molecule has 4 N–H and O–H groups in total. The fourth-order valence-electron chi connectivity index (χ4n) is 5.70. The molecule has 1 aliphatic rings. The maximum Gasteiger partial charge on any atom is 0.412 e. The number of aromatic amines is 1. The van der Waals surface area contributed by atoms with Crippen LogP contribution in [0.1, 0.15) is 50.9 Å². The third kappa shape index (κ3) is 7.44. The number of nitrogens with two attached hydrogens (primary N) is 1. The Morgan fingerprint density at radius 3 is 2.56 bits per heavy atom. The molecule has 0 unspecified atom stereocenters. The van der Waals surface area contributed by atoms with Gasteiger partial charge in [0.15, 0.2) is 23.1 Å². The van der Waals surface area contributed by atoms with Gasteiger partial charge in [0.2, 0.25) is 0 Å². The fourth-order valence-corrected chi connectivity index (χ4v) is 5.90. The topological polar surface area (TPSA) is 186 Å². The number of aromatic nitrogens is 5. The summed E-state index contributed by atoms with van der Waals surface area (Å²) in [7, 11) is 0. The molecule has 3 heterocycles. The molecule has 0 fully saturated rings. The summed E-state index contributed by atoms with van der Waals surface area (Å²) in [6.45, 7) is 6.10. The number of hydrogen-bond donors (Lipinski definition) is 3. The number of nitroso groups, excluding NO2 is 1. The molecule has 5 rings (SSSR count). The minimum absolute atomic E-state index is 0.145. The number of H-pyrrole nitrogens is 1. The Kier molecular flexibility index (Phi) is 10.2. The van der Waals surface area contributed by atoms with E-state index in [1.54, 1.807) is 42.5 Å². The van der Waals surface area contributed by atoms with Crippen molar-refractivity contribution in [3.05, 3.63) is 107 Å². The van der Waals surface area contributed by atoms with Crippen LogP contribution in [-0.2, 0) is 15.1 Å². The summed E-state index contributed by atoms with van der Waals surface area (Å²) in [6.07, 6.45) is 5.50. The minimum Gasteiger partial charge on any atom is -0.447 e. The number of ether oxygens (including phenoxy) is 1. The van der Waals surface area contributed by atoms with Gasteiger partial charge in [0, 0.05) is 17.3 Å². The van der Waals surface area contributed by atoms with E-state index in [2.05, 4.69) is 37.4 Å². The van der Waals surface area contributed by atoms with Gasteiger partial charge >= 0.3 is 12.6 Å². The van der Waals surface area contributed by atoms with Crippen LogP contribution in [0.5, 0.6) is 0 Å². The highest BCUT2D eigenvalue weighted by Crippen LogP contribution is 2.45. The number of rotatable bonds is 12. The molecule has 0 saturated heterocycles. The number of alkyl halides is 2. The highest BCUT2D eigenvalue weighted by Gasteiger charge is 2.53. The van der Waals surface area contributed by atoms with E-state index in [-0.39, 0.29) is 18.2 Å². The van der Waals surface area contributed by atoms with Crippen molar-refractivity contribution in [3.8, 4) is 22.5 Å². The number of carbonyl (C=O) groups is 2. The van der Waals surface area contributed by atoms with Gasteiger partial charge in [-0.2, -0.15) is 19.0 Å². The molecule has 0 saturated carbocycles. The van der Waals surface area contributed by atoms with E-state index in [4.69, 9.17) is 27.1 Å². The average molecular weight is 707 g/mol. The standard InChI is InChI=1S/C33H33ClF2N10O4/c1-5-6-26(44-49)41-31(48)50-16-25(20-9-12-24(34)23(13-20)27-38-18-39-43-27)46-28(47)33(42-30(46)37,17-32(2,3)4)22-10-7-19(8-11-22)21-14-40-45(15-21)29(35)36/h5-15,18,25,29H,1,16-17H2,2-4H3,(H2,37,42)(H,41,48)(H,38,39,43)/b26-6-/t25-,33-/m1/s1. The second kappa shape index (κ2) is 14.4. The van der Waals surface area contributed by atoms with E-state index in [9.17, 15) is 23.3 Å². The van der Waals surface area contributed by atoms with E-state index in [0.29, 0.717) is 43.3 Å². The van der Waals surface area contributed by atoms with Crippen LogP contribution in [0.4, 0.5) is 13.6 Å². The van der Waals surface area contributed by atoms with Crippen molar-refractivity contribution < 1.29 is 23.1 Å². The Labute approximate surface area is 290 Å². The summed E-state index contributed by atoms with van der Waals surface area (Å²) in [6, 6.07) is 10.6. The lowest BCUT2D eigenvalue weighted by Crippen LogP contribution is -2.47. The van der Waals surface area contributed by atoms with Gasteiger partial charge in [0.05, 0.1) is 17.3 Å². The molecule has 0 aliphatic carbocycles. The Bertz CT molecular complexity index is 1960. The van der Waals surface area contributed by atoms with Crippen LogP contribution in [0.25, 0.3) is 22.5 Å². The second-order valence-electron chi connectivity index (χ2n) is 12.5. The summed E-state index contributed by atoms with van der Waals surface area (Å²) >= 11 is 6.50. The van der Waals surface area contributed by atoms with Gasteiger partial charge in [-0.05, 0) is 51.9 Å². The van der Waals surface area contributed by atoms with Crippen LogP contribution < -0.4 is 11.1 Å². The number of aliphatic imine (C=N–C) groups is 1. The third-order valence-corrected chi connectivity index (χ3v) is 8.07. The van der Waals surface area contributed by atoms with Gasteiger partial charge in [0.25, 0.3) is 5.91 Å². The predicted molar refractivity (Wildman–Crippen MR) is 181 cm³/mol. The van der Waals surface area contributed by atoms with Gasteiger partial charge < -0.3 is 10.5 Å². The first-order valence-corrected chi connectivity index (χ1v) is 15.5. The van der Waals surface area contributed by atoms with Crippen LogP contribution in [0.15, 0.2) is 95.9 Å². The highest BCUT2D eigenvalue weighted by atomic mass is 35.5. The van der Waals surface area contributed by atoms with Crippen LogP contribution in [0.3, 0.4) is 0 Å². The molecule has 17 heteroatoms. The smallest absolute Gasteiger partial charge is 0.412 e. The monoisotopic (exact) mass is 706 g/mol. The molecule has 0 radical (unpaired) electrons. The van der Waals surface area contributed by atoms with E-state index >= 15 is 0 Å². The maximum atomic E-state index is 14.8.